The summed E-state index contributed by atoms with van der Waals surface area (Å²) in [6, 6.07) is 14.9. The number of aromatic nitrogens is 1. The Morgan fingerprint density at radius 3 is 2.88 bits per heavy atom. The number of amides is 3. The van der Waals surface area contributed by atoms with Crippen LogP contribution in [0.5, 0.6) is 0 Å². The molecule has 1 saturated heterocycles. The summed E-state index contributed by atoms with van der Waals surface area (Å²) in [6.07, 6.45) is 2.26. The van der Waals surface area contributed by atoms with Gasteiger partial charge in [-0.25, -0.2) is 9.78 Å². The fraction of sp³-hybridized carbons (Fsp3) is 0.263. The van der Waals surface area contributed by atoms with E-state index < -0.39 is 6.03 Å². The maximum Gasteiger partial charge on any atom is 0.320 e. The number of hydrogen-bond acceptors (Lipinski definition) is 4. The highest BCUT2D eigenvalue weighted by molar-refractivity contribution is 5.97. The molecule has 1 aliphatic rings. The van der Waals surface area contributed by atoms with Crippen molar-refractivity contribution >= 4 is 23.4 Å². The second kappa shape index (κ2) is 8.12. The van der Waals surface area contributed by atoms with E-state index in [4.69, 9.17) is 5.26 Å². The summed E-state index contributed by atoms with van der Waals surface area (Å²) in [5, 5.41) is 13.7. The largest absolute Gasteiger partial charge is 0.337 e. The first-order chi connectivity index (χ1) is 12.7. The molecule has 1 aliphatic heterocycles. The second-order valence-corrected chi connectivity index (χ2v) is 6.00. The third-order valence-electron chi connectivity index (χ3n) is 4.22. The molecule has 132 valence electrons. The quantitative estimate of drug-likeness (QED) is 0.811. The molecule has 1 unspecified atom stereocenters. The molecule has 3 amide bonds. The minimum absolute atomic E-state index is 0.0504. The van der Waals surface area contributed by atoms with E-state index in [1.807, 2.05) is 36.4 Å². The van der Waals surface area contributed by atoms with Crippen LogP contribution >= 0.6 is 0 Å². The Kier molecular flexibility index (Phi) is 5.44. The highest BCUT2D eigenvalue weighted by Gasteiger charge is 2.31. The molecular formula is C19H19N5O2. The van der Waals surface area contributed by atoms with Gasteiger partial charge in [0.05, 0.1) is 12.5 Å². The van der Waals surface area contributed by atoms with Crippen LogP contribution in [0, 0.1) is 11.3 Å². The Hall–Kier alpha value is -3.40. The zero-order chi connectivity index (χ0) is 18.4. The molecule has 26 heavy (non-hydrogen) atoms. The first-order valence-electron chi connectivity index (χ1n) is 8.40. The highest BCUT2D eigenvalue weighted by Crippen LogP contribution is 2.32. The monoisotopic (exact) mass is 349 g/mol. The molecule has 1 atom stereocenters. The molecule has 0 radical (unpaired) electrons. The van der Waals surface area contributed by atoms with Gasteiger partial charge in [-0.15, -0.1) is 0 Å². The van der Waals surface area contributed by atoms with E-state index >= 15 is 0 Å². The second-order valence-electron chi connectivity index (χ2n) is 6.00. The lowest BCUT2D eigenvalue weighted by atomic mass is 9.99. The normalized spacial score (nSPS) is 16.2. The number of hydrogen-bond donors (Lipinski definition) is 2. The van der Waals surface area contributed by atoms with Gasteiger partial charge in [-0.3, -0.25) is 10.1 Å². The van der Waals surface area contributed by atoms with Crippen molar-refractivity contribution in [3.63, 3.8) is 0 Å². The van der Waals surface area contributed by atoms with Crippen molar-refractivity contribution in [1.82, 2.24) is 10.3 Å². The number of anilines is 2. The van der Waals surface area contributed by atoms with Gasteiger partial charge in [-0.2, -0.15) is 5.26 Å². The van der Waals surface area contributed by atoms with E-state index in [-0.39, 0.29) is 24.8 Å². The summed E-state index contributed by atoms with van der Waals surface area (Å²) in [4.78, 5) is 30.0. The molecule has 7 nitrogen and oxygen atoms in total. The molecule has 1 fully saturated rings. The van der Waals surface area contributed by atoms with Crippen LogP contribution in [0.4, 0.5) is 16.3 Å². The number of nitriles is 1. The van der Waals surface area contributed by atoms with Gasteiger partial charge in [0.15, 0.2) is 0 Å². The van der Waals surface area contributed by atoms with Crippen LogP contribution in [0.15, 0.2) is 48.7 Å². The Bertz CT molecular complexity index is 831. The molecule has 2 heterocycles. The van der Waals surface area contributed by atoms with Gasteiger partial charge in [-0.1, -0.05) is 30.3 Å². The molecule has 0 bridgehead atoms. The van der Waals surface area contributed by atoms with Gasteiger partial charge < -0.3 is 10.2 Å². The highest BCUT2D eigenvalue weighted by atomic mass is 16.2. The first-order valence-corrected chi connectivity index (χ1v) is 8.40. The summed E-state index contributed by atoms with van der Waals surface area (Å²) in [5.41, 5.74) is 1.85. The van der Waals surface area contributed by atoms with Crippen molar-refractivity contribution in [3.8, 4) is 6.07 Å². The molecule has 7 heteroatoms. The fourth-order valence-corrected chi connectivity index (χ4v) is 2.95. The number of pyridine rings is 1. The number of carbonyl (C=O) groups is 2. The number of nitrogens with one attached hydrogen (secondary N) is 2. The van der Waals surface area contributed by atoms with E-state index in [0.717, 1.165) is 5.56 Å². The predicted octanol–water partition coefficient (Wildman–Crippen LogP) is 2.64. The van der Waals surface area contributed by atoms with Crippen LogP contribution in [-0.4, -0.2) is 30.0 Å². The van der Waals surface area contributed by atoms with Gasteiger partial charge >= 0.3 is 6.03 Å². The Morgan fingerprint density at radius 2 is 2.12 bits per heavy atom. The number of carbonyl (C=O) groups excluding carboxylic acids is 2. The van der Waals surface area contributed by atoms with Gasteiger partial charge in [0.2, 0.25) is 5.91 Å². The number of nitrogens with zero attached hydrogens (tertiary/aromatic N) is 3. The summed E-state index contributed by atoms with van der Waals surface area (Å²) in [7, 11) is 0. The fourth-order valence-electron chi connectivity index (χ4n) is 2.95. The summed E-state index contributed by atoms with van der Waals surface area (Å²) < 4.78 is 0. The predicted molar refractivity (Wildman–Crippen MR) is 97.6 cm³/mol. The van der Waals surface area contributed by atoms with Crippen LogP contribution in [-0.2, 0) is 4.79 Å². The topological polar surface area (TPSA) is 98.1 Å². The minimum Gasteiger partial charge on any atom is -0.337 e. The maximum atomic E-state index is 12.4. The van der Waals surface area contributed by atoms with Crippen LogP contribution in [0.2, 0.25) is 0 Å². The Morgan fingerprint density at radius 1 is 1.31 bits per heavy atom. The number of benzene rings is 1. The summed E-state index contributed by atoms with van der Waals surface area (Å²) in [6.45, 7) is 0.867. The molecule has 2 N–H and O–H groups in total. The maximum absolute atomic E-state index is 12.4. The molecule has 0 spiro atoms. The lowest BCUT2D eigenvalue weighted by molar-refractivity contribution is -0.117. The molecule has 1 aromatic heterocycles. The van der Waals surface area contributed by atoms with E-state index in [0.29, 0.717) is 24.5 Å². The van der Waals surface area contributed by atoms with E-state index in [1.165, 1.54) is 0 Å². The van der Waals surface area contributed by atoms with Crippen molar-refractivity contribution in [2.75, 3.05) is 23.3 Å². The molecule has 3 rings (SSSR count). The van der Waals surface area contributed by atoms with E-state index in [9.17, 15) is 9.59 Å². The van der Waals surface area contributed by atoms with Crippen molar-refractivity contribution in [2.45, 2.75) is 18.8 Å². The molecule has 2 aromatic rings. The van der Waals surface area contributed by atoms with Gasteiger partial charge in [-0.05, 0) is 11.6 Å². The number of rotatable bonds is 5. The van der Waals surface area contributed by atoms with Crippen molar-refractivity contribution in [1.29, 1.82) is 5.26 Å². The lowest BCUT2D eigenvalue weighted by Crippen LogP contribution is -2.30. The minimum atomic E-state index is -0.431. The average Bonchev–Trinajstić information content (AvgIpc) is 3.05. The van der Waals surface area contributed by atoms with Crippen LogP contribution < -0.4 is 15.5 Å². The number of urea groups is 1. The average molecular weight is 349 g/mol. The van der Waals surface area contributed by atoms with Crippen molar-refractivity contribution < 1.29 is 9.59 Å². The molecule has 0 saturated carbocycles. The molecule has 1 aromatic carbocycles. The third kappa shape index (κ3) is 4.16. The Balaban J connectivity index is 1.67. The van der Waals surface area contributed by atoms with E-state index in [1.54, 1.807) is 23.2 Å². The van der Waals surface area contributed by atoms with Crippen LogP contribution in [0.1, 0.15) is 24.3 Å². The summed E-state index contributed by atoms with van der Waals surface area (Å²) in [5.74, 6) is 0.560. The zero-order valence-corrected chi connectivity index (χ0v) is 14.2. The lowest BCUT2D eigenvalue weighted by Gasteiger charge is -2.17. The zero-order valence-electron chi connectivity index (χ0n) is 14.2. The van der Waals surface area contributed by atoms with Crippen molar-refractivity contribution in [2.24, 2.45) is 0 Å². The summed E-state index contributed by atoms with van der Waals surface area (Å²) >= 11 is 0. The Labute approximate surface area is 151 Å². The van der Waals surface area contributed by atoms with Crippen molar-refractivity contribution in [3.05, 3.63) is 54.2 Å². The molecule has 0 aliphatic carbocycles. The van der Waals surface area contributed by atoms with Crippen LogP contribution in [0.3, 0.4) is 0 Å². The third-order valence-corrected chi connectivity index (χ3v) is 4.22. The first kappa shape index (κ1) is 17.4. The van der Waals surface area contributed by atoms with Crippen LogP contribution in [0.25, 0.3) is 0 Å². The smallest absolute Gasteiger partial charge is 0.320 e. The van der Waals surface area contributed by atoms with E-state index in [2.05, 4.69) is 15.6 Å². The molecular weight excluding hydrogens is 330 g/mol. The standard InChI is InChI=1S/C19H19N5O2/c20-8-4-9-22-19(26)23-17-12-16(7-10-21-17)24-13-15(11-18(24)25)14-5-2-1-3-6-14/h1-3,5-7,10,12,15H,4,9,11,13H2,(H2,21,22,23,26). The van der Waals surface area contributed by atoms with Gasteiger partial charge in [0, 0.05) is 43.4 Å². The van der Waals surface area contributed by atoms with Gasteiger partial charge in [0.25, 0.3) is 0 Å². The van der Waals surface area contributed by atoms with Gasteiger partial charge in [0.1, 0.15) is 5.82 Å². The SMILES string of the molecule is N#CCCNC(=O)Nc1cc(N2CC(c3ccccc3)CC2=O)ccn1.